The molecular weight excluding hydrogens is 260 g/mol. The number of nitrogens with one attached hydrogen (secondary N) is 1. The second-order valence-electron chi connectivity index (χ2n) is 5.39. The van der Waals surface area contributed by atoms with Gasteiger partial charge in [-0.2, -0.15) is 0 Å². The van der Waals surface area contributed by atoms with Gasteiger partial charge in [0.25, 0.3) is 6.43 Å². The Hall–Kier alpha value is -1.00. The Morgan fingerprint density at radius 3 is 2.45 bits per heavy atom. The topological polar surface area (TPSA) is 21.3 Å². The number of hydrogen-bond acceptors (Lipinski definition) is 2. The molecule has 0 bridgehead atoms. The third-order valence-electron chi connectivity index (χ3n) is 4.06. The Morgan fingerprint density at radius 1 is 1.25 bits per heavy atom. The summed E-state index contributed by atoms with van der Waals surface area (Å²) in [4.78, 5) is 0. The van der Waals surface area contributed by atoms with Crippen molar-refractivity contribution in [2.45, 2.75) is 44.1 Å². The summed E-state index contributed by atoms with van der Waals surface area (Å²) in [6.07, 6.45) is 2.26. The predicted octanol–water partition coefficient (Wildman–Crippen LogP) is 3.89. The number of benzene rings is 1. The van der Waals surface area contributed by atoms with Crippen LogP contribution in [0, 0.1) is 0 Å². The lowest BCUT2D eigenvalue weighted by Crippen LogP contribution is -2.19. The molecule has 0 radical (unpaired) electrons. The van der Waals surface area contributed by atoms with Gasteiger partial charge in [0, 0.05) is 12.6 Å². The lowest BCUT2D eigenvalue weighted by molar-refractivity contribution is 0.0145. The van der Waals surface area contributed by atoms with Gasteiger partial charge in [0.15, 0.2) is 0 Å². The first kappa shape index (κ1) is 15.4. The van der Waals surface area contributed by atoms with Gasteiger partial charge in [0.05, 0.1) is 0 Å². The molecule has 1 aliphatic rings. The summed E-state index contributed by atoms with van der Waals surface area (Å²) in [6, 6.07) is 8.83. The molecule has 2 nitrogen and oxygen atoms in total. The molecule has 4 heteroatoms. The average molecular weight is 283 g/mol. The van der Waals surface area contributed by atoms with E-state index in [4.69, 9.17) is 4.74 Å². The second-order valence-corrected chi connectivity index (χ2v) is 5.39. The molecule has 2 rings (SSSR count). The van der Waals surface area contributed by atoms with Gasteiger partial charge in [0.2, 0.25) is 0 Å². The van der Waals surface area contributed by atoms with Crippen molar-refractivity contribution in [1.82, 2.24) is 5.32 Å². The molecule has 1 aromatic carbocycles. The molecule has 0 aliphatic heterocycles. The van der Waals surface area contributed by atoms with Crippen LogP contribution in [0.2, 0.25) is 0 Å². The fourth-order valence-corrected chi connectivity index (χ4v) is 2.59. The highest BCUT2D eigenvalue weighted by Crippen LogP contribution is 2.36. The number of alkyl halides is 2. The van der Waals surface area contributed by atoms with Crippen LogP contribution in [0.1, 0.15) is 48.8 Å². The van der Waals surface area contributed by atoms with Crippen molar-refractivity contribution >= 4 is 0 Å². The van der Waals surface area contributed by atoms with Crippen molar-refractivity contribution in [3.8, 4) is 0 Å². The molecule has 1 unspecified atom stereocenters. The molecule has 0 heterocycles. The Bertz CT molecular complexity index is 390. The Balaban J connectivity index is 1.83. The summed E-state index contributed by atoms with van der Waals surface area (Å²) in [6.45, 7) is -0.128. The minimum atomic E-state index is -2.38. The van der Waals surface area contributed by atoms with Crippen LogP contribution in [-0.4, -0.2) is 26.7 Å². The first-order chi connectivity index (χ1) is 9.70. The lowest BCUT2D eigenvalue weighted by Gasteiger charge is -2.26. The minimum Gasteiger partial charge on any atom is -0.375 e. The highest BCUT2D eigenvalue weighted by molar-refractivity contribution is 5.28. The highest BCUT2D eigenvalue weighted by Gasteiger charge is 2.19. The molecule has 112 valence electrons. The number of halogens is 2. The van der Waals surface area contributed by atoms with E-state index in [-0.39, 0.29) is 6.04 Å². The SMILES string of the molecule is CNC(CCOCC(F)F)c1ccc(C2CCC2)cc1. The maximum absolute atomic E-state index is 12.0. The van der Waals surface area contributed by atoms with E-state index in [1.165, 1.54) is 30.4 Å². The number of hydrogen-bond donors (Lipinski definition) is 1. The summed E-state index contributed by atoms with van der Waals surface area (Å²) in [5, 5.41) is 3.22. The van der Waals surface area contributed by atoms with Crippen molar-refractivity contribution < 1.29 is 13.5 Å². The van der Waals surface area contributed by atoms with Crippen LogP contribution in [0.4, 0.5) is 8.78 Å². The predicted molar refractivity (Wildman–Crippen MR) is 76.3 cm³/mol. The highest BCUT2D eigenvalue weighted by atomic mass is 19.3. The van der Waals surface area contributed by atoms with Gasteiger partial charge in [-0.3, -0.25) is 0 Å². The molecule has 0 spiro atoms. The first-order valence-electron chi connectivity index (χ1n) is 7.33. The van der Waals surface area contributed by atoms with E-state index in [1.54, 1.807) is 0 Å². The van der Waals surface area contributed by atoms with Crippen LogP contribution in [0.5, 0.6) is 0 Å². The maximum Gasteiger partial charge on any atom is 0.261 e. The standard InChI is InChI=1S/C16H23F2NO/c1-19-15(9-10-20-11-16(17)18)14-7-5-13(6-8-14)12-3-2-4-12/h5-8,12,15-16,19H,2-4,9-11H2,1H3. The van der Waals surface area contributed by atoms with Crippen molar-refractivity contribution in [1.29, 1.82) is 0 Å². The van der Waals surface area contributed by atoms with Crippen molar-refractivity contribution in [2.75, 3.05) is 20.3 Å². The molecule has 0 saturated heterocycles. The second kappa shape index (κ2) is 7.70. The molecule has 1 fully saturated rings. The zero-order valence-corrected chi connectivity index (χ0v) is 11.9. The fourth-order valence-electron chi connectivity index (χ4n) is 2.59. The normalized spacial score (nSPS) is 17.2. The van der Waals surface area contributed by atoms with E-state index in [2.05, 4.69) is 29.6 Å². The molecule has 0 aromatic heterocycles. The van der Waals surface area contributed by atoms with Crippen LogP contribution >= 0.6 is 0 Å². The van der Waals surface area contributed by atoms with Gasteiger partial charge in [0.1, 0.15) is 6.61 Å². The maximum atomic E-state index is 12.0. The Kier molecular flexibility index (Phi) is 5.92. The molecular formula is C16H23F2NO. The molecule has 1 N–H and O–H groups in total. The van der Waals surface area contributed by atoms with Gasteiger partial charge in [-0.1, -0.05) is 30.7 Å². The Labute approximate surface area is 119 Å². The van der Waals surface area contributed by atoms with Crippen LogP contribution < -0.4 is 5.32 Å². The summed E-state index contributed by atoms with van der Waals surface area (Å²) in [7, 11) is 1.89. The monoisotopic (exact) mass is 283 g/mol. The summed E-state index contributed by atoms with van der Waals surface area (Å²) >= 11 is 0. The number of ether oxygens (including phenoxy) is 1. The summed E-state index contributed by atoms with van der Waals surface area (Å²) < 4.78 is 28.9. The van der Waals surface area contributed by atoms with Crippen LogP contribution in [0.15, 0.2) is 24.3 Å². The van der Waals surface area contributed by atoms with Gasteiger partial charge in [-0.15, -0.1) is 0 Å². The van der Waals surface area contributed by atoms with Gasteiger partial charge in [-0.25, -0.2) is 8.78 Å². The van der Waals surface area contributed by atoms with Gasteiger partial charge >= 0.3 is 0 Å². The van der Waals surface area contributed by atoms with Crippen molar-refractivity contribution in [3.05, 3.63) is 35.4 Å². The minimum absolute atomic E-state index is 0.156. The molecule has 1 atom stereocenters. The van der Waals surface area contributed by atoms with E-state index >= 15 is 0 Å². The van der Waals surface area contributed by atoms with Crippen molar-refractivity contribution in [3.63, 3.8) is 0 Å². The van der Waals surface area contributed by atoms with Gasteiger partial charge < -0.3 is 10.1 Å². The lowest BCUT2D eigenvalue weighted by atomic mass is 9.80. The molecule has 1 saturated carbocycles. The third kappa shape index (κ3) is 4.25. The van der Waals surface area contributed by atoms with Crippen molar-refractivity contribution in [2.24, 2.45) is 0 Å². The van der Waals surface area contributed by atoms with E-state index < -0.39 is 13.0 Å². The largest absolute Gasteiger partial charge is 0.375 e. The van der Waals surface area contributed by atoms with E-state index in [0.717, 1.165) is 5.92 Å². The zero-order chi connectivity index (χ0) is 14.4. The fraction of sp³-hybridized carbons (Fsp3) is 0.625. The zero-order valence-electron chi connectivity index (χ0n) is 11.9. The first-order valence-corrected chi connectivity index (χ1v) is 7.33. The quantitative estimate of drug-likeness (QED) is 0.731. The third-order valence-corrected chi connectivity index (χ3v) is 4.06. The molecule has 1 aliphatic carbocycles. The van der Waals surface area contributed by atoms with E-state index in [1.807, 2.05) is 7.05 Å². The van der Waals surface area contributed by atoms with Crippen LogP contribution in [-0.2, 0) is 4.74 Å². The van der Waals surface area contributed by atoms with Crippen LogP contribution in [0.25, 0.3) is 0 Å². The van der Waals surface area contributed by atoms with Crippen LogP contribution in [0.3, 0.4) is 0 Å². The summed E-state index contributed by atoms with van der Waals surface area (Å²) in [5.74, 6) is 0.742. The smallest absolute Gasteiger partial charge is 0.261 e. The number of rotatable bonds is 8. The molecule has 20 heavy (non-hydrogen) atoms. The molecule has 0 amide bonds. The molecule has 1 aromatic rings. The Morgan fingerprint density at radius 2 is 1.95 bits per heavy atom. The summed E-state index contributed by atoms with van der Waals surface area (Å²) in [5.41, 5.74) is 2.61. The van der Waals surface area contributed by atoms with Gasteiger partial charge in [-0.05, 0) is 43.4 Å². The van der Waals surface area contributed by atoms with E-state index in [9.17, 15) is 8.78 Å². The van der Waals surface area contributed by atoms with E-state index in [0.29, 0.717) is 13.0 Å². The average Bonchev–Trinajstić information content (AvgIpc) is 2.38.